The van der Waals surface area contributed by atoms with E-state index in [2.05, 4.69) is 20.8 Å². The molecule has 0 bridgehead atoms. The highest BCUT2D eigenvalue weighted by atomic mass is 35.5. The first-order valence-corrected chi connectivity index (χ1v) is 12.1. The molecule has 0 radical (unpaired) electrons. The molecule has 2 aliphatic heterocycles. The van der Waals surface area contributed by atoms with Gasteiger partial charge in [0.25, 0.3) is 11.8 Å². The maximum atomic E-state index is 13.1. The van der Waals surface area contributed by atoms with E-state index in [0.717, 1.165) is 16.2 Å². The third-order valence-electron chi connectivity index (χ3n) is 4.32. The summed E-state index contributed by atoms with van der Waals surface area (Å²) >= 11 is 8.28. The van der Waals surface area contributed by atoms with Crippen LogP contribution in [0.4, 0.5) is 5.13 Å². The molecule has 3 N–H and O–H groups in total. The first kappa shape index (κ1) is 26.4. The molecule has 188 valence electrons. The van der Waals surface area contributed by atoms with Gasteiger partial charge in [-0.25, -0.2) is 14.6 Å². The molecule has 0 aromatic carbocycles. The molecule has 1 aromatic rings. The van der Waals surface area contributed by atoms with Crippen LogP contribution in [0.25, 0.3) is 0 Å². The summed E-state index contributed by atoms with van der Waals surface area (Å²) in [5.74, 6) is -3.20. The third kappa shape index (κ3) is 6.10. The second-order valence-corrected chi connectivity index (χ2v) is 10.7. The molecule has 3 rings (SSSR count). The van der Waals surface area contributed by atoms with Crippen LogP contribution in [0.5, 0.6) is 0 Å². The van der Waals surface area contributed by atoms with Crippen molar-refractivity contribution in [1.82, 2.24) is 15.2 Å². The predicted molar refractivity (Wildman–Crippen MR) is 126 cm³/mol. The van der Waals surface area contributed by atoms with Crippen molar-refractivity contribution < 1.29 is 38.7 Å². The highest BCUT2D eigenvalue weighted by Crippen LogP contribution is 2.37. The molecular formula is C19H20ClN5O8S2. The number of amides is 3. The van der Waals surface area contributed by atoms with Gasteiger partial charge in [0.1, 0.15) is 32.7 Å². The number of carbonyl (C=O) groups is 5. The fourth-order valence-corrected chi connectivity index (χ4v) is 5.22. The fraction of sp³-hybridized carbons (Fsp3) is 0.421. The van der Waals surface area contributed by atoms with E-state index in [9.17, 15) is 29.1 Å². The summed E-state index contributed by atoms with van der Waals surface area (Å²) in [5, 5.41) is 17.2. The van der Waals surface area contributed by atoms with Crippen LogP contribution in [0.2, 0.25) is 4.34 Å². The number of hydrogen-bond donors (Lipinski definition) is 3. The normalized spacial score (nSPS) is 19.7. The number of carboxylic acid groups (broad SMARTS) is 1. The van der Waals surface area contributed by atoms with Crippen LogP contribution in [0.1, 0.15) is 26.5 Å². The summed E-state index contributed by atoms with van der Waals surface area (Å²) in [7, 11) is 0. The Labute approximate surface area is 211 Å². The molecule has 0 aliphatic carbocycles. The van der Waals surface area contributed by atoms with E-state index < -0.39 is 53.1 Å². The van der Waals surface area contributed by atoms with Crippen molar-refractivity contribution >= 4 is 75.7 Å². The molecule has 1 saturated heterocycles. The number of thioether (sulfide) groups is 1. The summed E-state index contributed by atoms with van der Waals surface area (Å²) in [6, 6.07) is -1.04. The molecule has 13 nitrogen and oxygen atoms in total. The van der Waals surface area contributed by atoms with E-state index >= 15 is 0 Å². The number of carboxylic acids is 1. The van der Waals surface area contributed by atoms with Gasteiger partial charge in [-0.3, -0.25) is 19.3 Å². The number of rotatable bonds is 9. The van der Waals surface area contributed by atoms with E-state index in [1.165, 1.54) is 17.8 Å². The van der Waals surface area contributed by atoms with Crippen molar-refractivity contribution in [2.75, 3.05) is 17.7 Å². The van der Waals surface area contributed by atoms with Gasteiger partial charge >= 0.3 is 11.9 Å². The molecule has 1 unspecified atom stereocenters. The Hall–Kier alpha value is -3.17. The zero-order valence-electron chi connectivity index (χ0n) is 18.6. The zero-order chi connectivity index (χ0) is 25.9. The van der Waals surface area contributed by atoms with Gasteiger partial charge in [0, 0.05) is 5.75 Å². The number of thiazole rings is 1. The lowest BCUT2D eigenvalue weighted by molar-refractivity contribution is -0.160. The number of aromatic nitrogens is 1. The Morgan fingerprint density at radius 1 is 1.40 bits per heavy atom. The minimum Gasteiger partial charge on any atom is -0.477 e. The molecule has 0 saturated carbocycles. The van der Waals surface area contributed by atoms with Crippen molar-refractivity contribution in [3.63, 3.8) is 0 Å². The molecule has 1 aromatic heterocycles. The number of aliphatic carboxylic acids is 1. The van der Waals surface area contributed by atoms with E-state index in [1.54, 1.807) is 20.8 Å². The van der Waals surface area contributed by atoms with Gasteiger partial charge in [-0.15, -0.1) is 11.8 Å². The molecular weight excluding hydrogens is 526 g/mol. The maximum Gasteiger partial charge on any atom is 0.352 e. The Morgan fingerprint density at radius 3 is 2.74 bits per heavy atom. The quantitative estimate of drug-likeness (QED) is 0.132. The van der Waals surface area contributed by atoms with Gasteiger partial charge < -0.3 is 25.3 Å². The minimum absolute atomic E-state index is 0.0196. The van der Waals surface area contributed by atoms with Crippen LogP contribution in [-0.4, -0.2) is 80.2 Å². The van der Waals surface area contributed by atoms with Gasteiger partial charge in [-0.05, 0) is 26.8 Å². The molecule has 3 heterocycles. The first-order valence-electron chi connectivity index (χ1n) is 9.90. The summed E-state index contributed by atoms with van der Waals surface area (Å²) in [6.45, 7) is 4.36. The maximum absolute atomic E-state index is 13.1. The summed E-state index contributed by atoms with van der Waals surface area (Å²) < 4.78 is 5.09. The van der Waals surface area contributed by atoms with Gasteiger partial charge in [0.2, 0.25) is 13.0 Å². The van der Waals surface area contributed by atoms with E-state index in [-0.39, 0.29) is 20.9 Å². The number of β-lactam (4-membered cyclic amide) rings is 1. The smallest absolute Gasteiger partial charge is 0.352 e. The highest BCUT2D eigenvalue weighted by Gasteiger charge is 2.53. The first-order chi connectivity index (χ1) is 16.4. The number of anilines is 1. The highest BCUT2D eigenvalue weighted by molar-refractivity contribution is 8.00. The standard InChI is InChI=1S/C19H20ClN5O8S2/c1-19(2,3)33-9(27)6-32-24-11(10-13(20)35-18(23-10)21-7-26)14(28)22-12-15(29)25-8(17(30)31)4-5-34-16(12)25/h4,7,12,16H,5-6H2,1-3H3,(H,22,28)(H,30,31)(H,21,23,26)/t12?,16-/m0/s1. The van der Waals surface area contributed by atoms with Crippen LogP contribution in [0, 0.1) is 0 Å². The van der Waals surface area contributed by atoms with Crippen LogP contribution in [-0.2, 0) is 33.5 Å². The molecule has 2 atom stereocenters. The number of oxime groups is 1. The predicted octanol–water partition coefficient (Wildman–Crippen LogP) is 0.796. The van der Waals surface area contributed by atoms with Gasteiger partial charge in [0.15, 0.2) is 10.8 Å². The van der Waals surface area contributed by atoms with E-state index in [0.29, 0.717) is 12.2 Å². The third-order valence-corrected chi connectivity index (χ3v) is 6.69. The van der Waals surface area contributed by atoms with Gasteiger partial charge in [-0.2, -0.15) is 0 Å². The van der Waals surface area contributed by atoms with Crippen LogP contribution < -0.4 is 10.6 Å². The van der Waals surface area contributed by atoms with Gasteiger partial charge in [-0.1, -0.05) is 28.1 Å². The lowest BCUT2D eigenvalue weighted by atomic mass is 10.0. The largest absolute Gasteiger partial charge is 0.477 e. The number of fused-ring (bicyclic) bond motifs is 1. The number of ether oxygens (including phenoxy) is 1. The number of nitrogens with zero attached hydrogens (tertiary/aromatic N) is 3. The molecule has 0 spiro atoms. The van der Waals surface area contributed by atoms with Crippen molar-refractivity contribution in [2.24, 2.45) is 5.16 Å². The second-order valence-electron chi connectivity index (χ2n) is 7.98. The van der Waals surface area contributed by atoms with Crippen LogP contribution in [0.15, 0.2) is 16.9 Å². The second kappa shape index (κ2) is 10.6. The molecule has 3 amide bonds. The Balaban J connectivity index is 1.80. The van der Waals surface area contributed by atoms with Crippen LogP contribution in [0.3, 0.4) is 0 Å². The topological polar surface area (TPSA) is 177 Å². The average molecular weight is 546 g/mol. The van der Waals surface area contributed by atoms with Gasteiger partial charge in [0.05, 0.1) is 0 Å². The van der Waals surface area contributed by atoms with Crippen molar-refractivity contribution in [1.29, 1.82) is 0 Å². The van der Waals surface area contributed by atoms with E-state index in [4.69, 9.17) is 21.2 Å². The number of nitrogens with one attached hydrogen (secondary N) is 2. The number of carbonyl (C=O) groups excluding carboxylic acids is 4. The van der Waals surface area contributed by atoms with Crippen molar-refractivity contribution in [3.05, 3.63) is 21.8 Å². The fourth-order valence-electron chi connectivity index (χ4n) is 3.02. The Morgan fingerprint density at radius 2 is 2.11 bits per heavy atom. The summed E-state index contributed by atoms with van der Waals surface area (Å²) in [4.78, 5) is 69.8. The molecule has 35 heavy (non-hydrogen) atoms. The molecule has 1 fully saturated rings. The summed E-state index contributed by atoms with van der Waals surface area (Å²) in [6.07, 6.45) is 1.78. The number of hydrogen-bond acceptors (Lipinski definition) is 11. The Bertz CT molecular complexity index is 1130. The summed E-state index contributed by atoms with van der Waals surface area (Å²) in [5.41, 5.74) is -1.55. The lowest BCUT2D eigenvalue weighted by Crippen LogP contribution is -2.70. The molecule has 2 aliphatic rings. The zero-order valence-corrected chi connectivity index (χ0v) is 21.0. The average Bonchev–Trinajstić information content (AvgIpc) is 3.12. The minimum atomic E-state index is -1.25. The Kier molecular flexibility index (Phi) is 8.02. The number of halogens is 1. The van der Waals surface area contributed by atoms with E-state index in [1.807, 2.05) is 0 Å². The van der Waals surface area contributed by atoms with Crippen LogP contribution >= 0.6 is 34.7 Å². The monoisotopic (exact) mass is 545 g/mol. The lowest BCUT2D eigenvalue weighted by Gasteiger charge is -2.48. The number of esters is 1. The SMILES string of the molecule is CC(C)(C)OC(=O)CON=C(C(=O)NC1C(=O)N2C(C(=O)O)=CCS[C@@H]12)c1nc(NC=O)sc1Cl. The van der Waals surface area contributed by atoms with Crippen molar-refractivity contribution in [3.8, 4) is 0 Å². The molecule has 16 heteroatoms. The van der Waals surface area contributed by atoms with Crippen molar-refractivity contribution in [2.45, 2.75) is 37.8 Å².